The summed E-state index contributed by atoms with van der Waals surface area (Å²) in [6.07, 6.45) is 4.94. The van der Waals surface area contributed by atoms with Crippen molar-refractivity contribution < 1.29 is 4.74 Å². The number of nitrogens with one attached hydrogen (secondary N) is 1. The van der Waals surface area contributed by atoms with Gasteiger partial charge in [-0.25, -0.2) is 9.97 Å². The van der Waals surface area contributed by atoms with Crippen LogP contribution in [0.4, 0.5) is 0 Å². The van der Waals surface area contributed by atoms with Crippen LogP contribution in [0, 0.1) is 0 Å². The molecule has 1 aromatic heterocycles. The predicted octanol–water partition coefficient (Wildman–Crippen LogP) is 1.85. The first-order valence-electron chi connectivity index (χ1n) is 7.10. The van der Waals surface area contributed by atoms with Gasteiger partial charge in [0.2, 0.25) is 0 Å². The number of rotatable bonds is 2. The molecular formula is C14H19N3O. The van der Waals surface area contributed by atoms with E-state index >= 15 is 0 Å². The zero-order valence-electron chi connectivity index (χ0n) is 10.6. The van der Waals surface area contributed by atoms with Crippen LogP contribution in [-0.4, -0.2) is 23.2 Å². The van der Waals surface area contributed by atoms with Gasteiger partial charge < -0.3 is 10.1 Å². The molecule has 4 heteroatoms. The first kappa shape index (κ1) is 10.9. The molecule has 1 aromatic rings. The molecule has 1 saturated carbocycles. The number of hydrogen-bond donors (Lipinski definition) is 1. The Bertz CT molecular complexity index is 464. The molecule has 0 radical (unpaired) electrons. The molecule has 96 valence electrons. The van der Waals surface area contributed by atoms with Gasteiger partial charge in [-0.3, -0.25) is 0 Å². The third-order valence-electron chi connectivity index (χ3n) is 4.23. The van der Waals surface area contributed by atoms with Crippen LogP contribution in [0.1, 0.15) is 60.3 Å². The first-order chi connectivity index (χ1) is 8.92. The van der Waals surface area contributed by atoms with Gasteiger partial charge in [-0.2, -0.15) is 0 Å². The van der Waals surface area contributed by atoms with Gasteiger partial charge >= 0.3 is 0 Å². The van der Waals surface area contributed by atoms with Crippen molar-refractivity contribution in [2.45, 2.75) is 50.6 Å². The lowest BCUT2D eigenvalue weighted by Crippen LogP contribution is -2.19. The highest BCUT2D eigenvalue weighted by Crippen LogP contribution is 2.42. The standard InChI is InChI=1S/C14H19N3O/c1-2-10(8-18-5-1)14-16-12-7-15-6-11(12)13(17-14)9-3-4-9/h9-10,15H,1-8H2. The molecule has 0 bridgehead atoms. The van der Waals surface area contributed by atoms with E-state index in [4.69, 9.17) is 14.7 Å². The number of hydrogen-bond acceptors (Lipinski definition) is 4. The maximum atomic E-state index is 5.58. The number of ether oxygens (including phenoxy) is 1. The lowest BCUT2D eigenvalue weighted by Gasteiger charge is -2.22. The van der Waals surface area contributed by atoms with E-state index in [1.807, 2.05) is 0 Å². The fourth-order valence-corrected chi connectivity index (χ4v) is 3.04. The quantitative estimate of drug-likeness (QED) is 0.864. The Labute approximate surface area is 107 Å². The second kappa shape index (κ2) is 4.28. The smallest absolute Gasteiger partial charge is 0.134 e. The maximum absolute atomic E-state index is 5.58. The van der Waals surface area contributed by atoms with Gasteiger partial charge in [0.25, 0.3) is 0 Å². The molecule has 2 fully saturated rings. The van der Waals surface area contributed by atoms with E-state index in [-0.39, 0.29) is 0 Å². The fraction of sp³-hybridized carbons (Fsp3) is 0.714. The zero-order chi connectivity index (χ0) is 11.9. The van der Waals surface area contributed by atoms with Crippen molar-refractivity contribution in [3.05, 3.63) is 22.8 Å². The van der Waals surface area contributed by atoms with Gasteiger partial charge in [0.15, 0.2) is 0 Å². The zero-order valence-corrected chi connectivity index (χ0v) is 10.6. The van der Waals surface area contributed by atoms with Crippen molar-refractivity contribution in [1.29, 1.82) is 0 Å². The third-order valence-corrected chi connectivity index (χ3v) is 4.23. The largest absolute Gasteiger partial charge is 0.381 e. The topological polar surface area (TPSA) is 47.0 Å². The Kier molecular flexibility index (Phi) is 2.59. The van der Waals surface area contributed by atoms with Gasteiger partial charge in [0.1, 0.15) is 5.82 Å². The average Bonchev–Trinajstić information content (AvgIpc) is 3.16. The summed E-state index contributed by atoms with van der Waals surface area (Å²) in [4.78, 5) is 9.69. The molecule has 1 N–H and O–H groups in total. The van der Waals surface area contributed by atoms with Gasteiger partial charge in [0, 0.05) is 37.1 Å². The highest BCUT2D eigenvalue weighted by atomic mass is 16.5. The molecule has 18 heavy (non-hydrogen) atoms. The van der Waals surface area contributed by atoms with Crippen LogP contribution >= 0.6 is 0 Å². The second-order valence-corrected chi connectivity index (χ2v) is 5.68. The van der Waals surface area contributed by atoms with E-state index in [0.717, 1.165) is 38.5 Å². The Morgan fingerprint density at radius 3 is 2.78 bits per heavy atom. The van der Waals surface area contributed by atoms with Gasteiger partial charge in [-0.15, -0.1) is 0 Å². The molecule has 1 unspecified atom stereocenters. The van der Waals surface area contributed by atoms with Crippen molar-refractivity contribution in [2.75, 3.05) is 13.2 Å². The third kappa shape index (κ3) is 1.84. The predicted molar refractivity (Wildman–Crippen MR) is 67.3 cm³/mol. The molecule has 0 spiro atoms. The summed E-state index contributed by atoms with van der Waals surface area (Å²) >= 11 is 0. The number of nitrogens with zero attached hydrogens (tertiary/aromatic N) is 2. The van der Waals surface area contributed by atoms with Gasteiger partial charge in [-0.1, -0.05) is 0 Å². The summed E-state index contributed by atoms with van der Waals surface area (Å²) < 4.78 is 5.58. The molecule has 2 aliphatic heterocycles. The molecule has 4 rings (SSSR count). The minimum Gasteiger partial charge on any atom is -0.381 e. The number of fused-ring (bicyclic) bond motifs is 1. The molecule has 1 aliphatic carbocycles. The summed E-state index contributed by atoms with van der Waals surface area (Å²) in [7, 11) is 0. The van der Waals surface area contributed by atoms with E-state index in [1.165, 1.54) is 36.2 Å². The van der Waals surface area contributed by atoms with Crippen LogP contribution in [0.3, 0.4) is 0 Å². The van der Waals surface area contributed by atoms with Crippen molar-refractivity contribution in [1.82, 2.24) is 15.3 Å². The van der Waals surface area contributed by atoms with Crippen LogP contribution in [0.2, 0.25) is 0 Å². The van der Waals surface area contributed by atoms with Gasteiger partial charge in [0.05, 0.1) is 18.0 Å². The maximum Gasteiger partial charge on any atom is 0.134 e. The van der Waals surface area contributed by atoms with Gasteiger partial charge in [-0.05, 0) is 25.7 Å². The fourth-order valence-electron chi connectivity index (χ4n) is 3.04. The molecule has 0 amide bonds. The highest BCUT2D eigenvalue weighted by Gasteiger charge is 2.32. The van der Waals surface area contributed by atoms with E-state index in [9.17, 15) is 0 Å². The van der Waals surface area contributed by atoms with Crippen molar-refractivity contribution in [3.63, 3.8) is 0 Å². The molecule has 1 saturated heterocycles. The SMILES string of the molecule is C1COCC(c2nc3c(c(C4CC4)n2)CNC3)C1. The molecule has 1 atom stereocenters. The summed E-state index contributed by atoms with van der Waals surface area (Å²) in [5.41, 5.74) is 3.97. The lowest BCUT2D eigenvalue weighted by atomic mass is 10.0. The molecule has 4 nitrogen and oxygen atoms in total. The normalized spacial score (nSPS) is 27.2. The first-order valence-corrected chi connectivity index (χ1v) is 7.10. The van der Waals surface area contributed by atoms with Crippen molar-refractivity contribution >= 4 is 0 Å². The summed E-state index contributed by atoms with van der Waals surface area (Å²) in [5, 5.41) is 3.41. The summed E-state index contributed by atoms with van der Waals surface area (Å²) in [6.45, 7) is 3.58. The number of aromatic nitrogens is 2. The highest BCUT2D eigenvalue weighted by molar-refractivity contribution is 5.34. The Morgan fingerprint density at radius 1 is 1.06 bits per heavy atom. The van der Waals surface area contributed by atoms with E-state index in [2.05, 4.69) is 5.32 Å². The van der Waals surface area contributed by atoms with E-state index in [1.54, 1.807) is 0 Å². The monoisotopic (exact) mass is 245 g/mol. The summed E-state index contributed by atoms with van der Waals surface area (Å²) in [6, 6.07) is 0. The van der Waals surface area contributed by atoms with Crippen LogP contribution in [0.15, 0.2) is 0 Å². The van der Waals surface area contributed by atoms with Crippen LogP contribution < -0.4 is 5.32 Å². The van der Waals surface area contributed by atoms with E-state index < -0.39 is 0 Å². The molecular weight excluding hydrogens is 226 g/mol. The lowest BCUT2D eigenvalue weighted by molar-refractivity contribution is 0.0779. The van der Waals surface area contributed by atoms with Crippen LogP contribution in [0.25, 0.3) is 0 Å². The van der Waals surface area contributed by atoms with Crippen molar-refractivity contribution in [3.8, 4) is 0 Å². The minimum atomic E-state index is 0.419. The summed E-state index contributed by atoms with van der Waals surface area (Å²) in [5.74, 6) is 2.17. The molecule has 3 heterocycles. The van der Waals surface area contributed by atoms with Crippen molar-refractivity contribution in [2.24, 2.45) is 0 Å². The minimum absolute atomic E-state index is 0.419. The molecule has 3 aliphatic rings. The second-order valence-electron chi connectivity index (χ2n) is 5.68. The Hall–Kier alpha value is -1.00. The Morgan fingerprint density at radius 2 is 2.00 bits per heavy atom. The van der Waals surface area contributed by atoms with E-state index in [0.29, 0.717) is 11.8 Å². The van der Waals surface area contributed by atoms with Crippen LogP contribution in [0.5, 0.6) is 0 Å². The Balaban J connectivity index is 1.72. The average molecular weight is 245 g/mol. The van der Waals surface area contributed by atoms with Crippen LogP contribution in [-0.2, 0) is 17.8 Å². The molecule has 0 aromatic carbocycles.